The summed E-state index contributed by atoms with van der Waals surface area (Å²) in [5.74, 6) is 0.479. The van der Waals surface area contributed by atoms with E-state index in [1.807, 2.05) is 26.8 Å². The number of nitrogens with zero attached hydrogens (tertiary/aromatic N) is 5. The van der Waals surface area contributed by atoms with Gasteiger partial charge in [0.2, 0.25) is 0 Å². The van der Waals surface area contributed by atoms with Gasteiger partial charge in [0.25, 0.3) is 0 Å². The fourth-order valence-corrected chi connectivity index (χ4v) is 0.669. The number of nitriles is 1. The maximum absolute atomic E-state index is 8.36. The van der Waals surface area contributed by atoms with Crippen LogP contribution in [0.5, 0.6) is 0 Å². The molecule has 0 aromatic carbocycles. The van der Waals surface area contributed by atoms with Crippen LogP contribution in [-0.2, 0) is 12.0 Å². The summed E-state index contributed by atoms with van der Waals surface area (Å²) in [4.78, 5) is 1.51. The third-order valence-corrected chi connectivity index (χ3v) is 1.29. The van der Waals surface area contributed by atoms with E-state index in [0.717, 1.165) is 0 Å². The average Bonchev–Trinajstić information content (AvgIpc) is 2.35. The minimum Gasteiger partial charge on any atom is -0.198 e. The smallest absolute Gasteiger partial charge is 0.188 e. The van der Waals surface area contributed by atoms with Gasteiger partial charge in [-0.25, -0.2) is 0 Å². The molecule has 0 aliphatic heterocycles. The normalized spacial score (nSPS) is 11.2. The Bertz CT molecular complexity index is 300. The van der Waals surface area contributed by atoms with E-state index in [2.05, 4.69) is 15.4 Å². The van der Waals surface area contributed by atoms with Crippen LogP contribution < -0.4 is 0 Å². The molecular weight excluding hydrogens is 154 g/mol. The van der Waals surface area contributed by atoms with Crippen molar-refractivity contribution in [2.24, 2.45) is 0 Å². The van der Waals surface area contributed by atoms with E-state index in [1.54, 1.807) is 0 Å². The molecule has 0 aliphatic carbocycles. The van der Waals surface area contributed by atoms with Crippen LogP contribution in [0.25, 0.3) is 0 Å². The summed E-state index contributed by atoms with van der Waals surface area (Å²) in [6.07, 6.45) is 0.218. The third-order valence-electron chi connectivity index (χ3n) is 1.29. The van der Waals surface area contributed by atoms with Crippen molar-refractivity contribution < 1.29 is 0 Å². The highest BCUT2D eigenvalue weighted by Crippen LogP contribution is 2.08. The molecular formula is C7H11N5. The highest BCUT2D eigenvalue weighted by molar-refractivity contribution is 4.90. The maximum atomic E-state index is 8.36. The first-order valence-electron chi connectivity index (χ1n) is 3.70. The Morgan fingerprint density at radius 2 is 2.17 bits per heavy atom. The van der Waals surface area contributed by atoms with Crippen molar-refractivity contribution in [2.75, 3.05) is 0 Å². The van der Waals surface area contributed by atoms with E-state index < -0.39 is 0 Å². The van der Waals surface area contributed by atoms with E-state index in [4.69, 9.17) is 5.26 Å². The van der Waals surface area contributed by atoms with Crippen LogP contribution in [0.1, 0.15) is 26.6 Å². The van der Waals surface area contributed by atoms with Crippen LogP contribution in [-0.4, -0.2) is 20.2 Å². The van der Waals surface area contributed by atoms with Crippen LogP contribution in [0.3, 0.4) is 0 Å². The predicted octanol–water partition coefficient (Wildman–Crippen LogP) is 0.494. The summed E-state index contributed by atoms with van der Waals surface area (Å²) >= 11 is 0. The van der Waals surface area contributed by atoms with Crippen molar-refractivity contribution in [3.8, 4) is 6.07 Å². The zero-order valence-electron chi connectivity index (χ0n) is 7.44. The molecule has 5 heteroatoms. The van der Waals surface area contributed by atoms with Gasteiger partial charge in [-0.3, -0.25) is 0 Å². The van der Waals surface area contributed by atoms with Crippen molar-refractivity contribution in [1.82, 2.24) is 20.2 Å². The van der Waals surface area contributed by atoms with Gasteiger partial charge in [-0.15, -0.1) is 10.2 Å². The van der Waals surface area contributed by atoms with Crippen LogP contribution in [0.15, 0.2) is 0 Å². The Balaban J connectivity index is 2.86. The Labute approximate surface area is 71.0 Å². The molecule has 1 aromatic rings. The van der Waals surface area contributed by atoms with Crippen molar-refractivity contribution in [3.63, 3.8) is 0 Å². The predicted molar refractivity (Wildman–Crippen MR) is 42.1 cm³/mol. The van der Waals surface area contributed by atoms with E-state index in [0.29, 0.717) is 5.82 Å². The lowest BCUT2D eigenvalue weighted by Gasteiger charge is -2.15. The second kappa shape index (κ2) is 2.89. The molecule has 0 fully saturated rings. The topological polar surface area (TPSA) is 67.4 Å². The Kier molecular flexibility index (Phi) is 2.09. The first-order valence-corrected chi connectivity index (χ1v) is 3.70. The fourth-order valence-electron chi connectivity index (χ4n) is 0.669. The molecule has 64 valence electrons. The zero-order valence-corrected chi connectivity index (χ0v) is 7.44. The van der Waals surface area contributed by atoms with Crippen LogP contribution in [0, 0.1) is 11.3 Å². The van der Waals surface area contributed by atoms with Crippen molar-refractivity contribution in [2.45, 2.75) is 32.7 Å². The molecule has 1 rings (SSSR count). The second-order valence-corrected chi connectivity index (χ2v) is 3.50. The van der Waals surface area contributed by atoms with E-state index in [-0.39, 0.29) is 12.0 Å². The van der Waals surface area contributed by atoms with E-state index in [9.17, 15) is 0 Å². The molecule has 0 unspecified atom stereocenters. The highest BCUT2D eigenvalue weighted by atomic mass is 15.6. The number of aromatic nitrogens is 4. The SMILES string of the molecule is CC(C)(C)n1nnc(CC#N)n1. The van der Waals surface area contributed by atoms with Gasteiger partial charge in [0, 0.05) is 0 Å². The minimum absolute atomic E-state index is 0.166. The monoisotopic (exact) mass is 165 g/mol. The highest BCUT2D eigenvalue weighted by Gasteiger charge is 2.16. The number of tetrazole rings is 1. The standard InChI is InChI=1S/C7H11N5/c1-7(2,3)12-10-6(4-5-8)9-11-12/h4H2,1-3H3. The Morgan fingerprint density at radius 1 is 1.50 bits per heavy atom. The summed E-state index contributed by atoms with van der Waals surface area (Å²) in [5.41, 5.74) is -0.166. The van der Waals surface area contributed by atoms with Gasteiger partial charge < -0.3 is 0 Å². The van der Waals surface area contributed by atoms with E-state index >= 15 is 0 Å². The molecule has 0 aliphatic rings. The lowest BCUT2D eigenvalue weighted by molar-refractivity contribution is 0.305. The molecule has 1 aromatic heterocycles. The molecule has 12 heavy (non-hydrogen) atoms. The summed E-state index contributed by atoms with van der Waals surface area (Å²) in [7, 11) is 0. The molecule has 0 bridgehead atoms. The maximum Gasteiger partial charge on any atom is 0.188 e. The summed E-state index contributed by atoms with van der Waals surface area (Å²) in [6, 6.07) is 1.97. The van der Waals surface area contributed by atoms with Gasteiger partial charge in [0.15, 0.2) is 5.82 Å². The number of hydrogen-bond acceptors (Lipinski definition) is 4. The van der Waals surface area contributed by atoms with Gasteiger partial charge in [-0.2, -0.15) is 10.1 Å². The van der Waals surface area contributed by atoms with Gasteiger partial charge in [0.1, 0.15) is 0 Å². The summed E-state index contributed by atoms with van der Waals surface area (Å²) < 4.78 is 0. The molecule has 0 amide bonds. The van der Waals surface area contributed by atoms with Gasteiger partial charge in [-0.05, 0) is 26.0 Å². The van der Waals surface area contributed by atoms with E-state index in [1.165, 1.54) is 4.80 Å². The molecule has 0 saturated heterocycles. The average molecular weight is 165 g/mol. The fraction of sp³-hybridized carbons (Fsp3) is 0.714. The molecule has 0 N–H and O–H groups in total. The minimum atomic E-state index is -0.166. The molecule has 5 nitrogen and oxygen atoms in total. The van der Waals surface area contributed by atoms with Gasteiger partial charge >= 0.3 is 0 Å². The largest absolute Gasteiger partial charge is 0.198 e. The first kappa shape index (κ1) is 8.65. The second-order valence-electron chi connectivity index (χ2n) is 3.50. The Morgan fingerprint density at radius 3 is 2.58 bits per heavy atom. The molecule has 0 atom stereocenters. The molecule has 0 saturated carbocycles. The van der Waals surface area contributed by atoms with Gasteiger partial charge in [0.05, 0.1) is 18.0 Å². The van der Waals surface area contributed by atoms with Crippen LogP contribution >= 0.6 is 0 Å². The van der Waals surface area contributed by atoms with Crippen molar-refractivity contribution in [1.29, 1.82) is 5.26 Å². The van der Waals surface area contributed by atoms with Crippen molar-refractivity contribution >= 4 is 0 Å². The molecule has 0 spiro atoms. The molecule has 1 heterocycles. The third kappa shape index (κ3) is 1.78. The lowest BCUT2D eigenvalue weighted by atomic mass is 10.1. The summed E-state index contributed by atoms with van der Waals surface area (Å²) in [5, 5.41) is 20.0. The molecule has 0 radical (unpaired) electrons. The Hall–Kier alpha value is -1.44. The quantitative estimate of drug-likeness (QED) is 0.607. The zero-order chi connectivity index (χ0) is 9.19. The summed E-state index contributed by atoms with van der Waals surface area (Å²) in [6.45, 7) is 5.93. The number of hydrogen-bond donors (Lipinski definition) is 0. The lowest BCUT2D eigenvalue weighted by Crippen LogP contribution is -2.24. The van der Waals surface area contributed by atoms with Gasteiger partial charge in [-0.1, -0.05) is 0 Å². The van der Waals surface area contributed by atoms with Crippen molar-refractivity contribution in [3.05, 3.63) is 5.82 Å². The number of rotatable bonds is 1. The van der Waals surface area contributed by atoms with Crippen LogP contribution in [0.2, 0.25) is 0 Å². The van der Waals surface area contributed by atoms with Crippen LogP contribution in [0.4, 0.5) is 0 Å². The first-order chi connectivity index (χ1) is 5.54.